The fourth-order valence-corrected chi connectivity index (χ4v) is 4.52. The molecule has 0 radical (unpaired) electrons. The minimum atomic E-state index is -0.640. The average Bonchev–Trinajstić information content (AvgIpc) is 3.00. The van der Waals surface area contributed by atoms with Crippen molar-refractivity contribution in [2.75, 3.05) is 24.2 Å². The van der Waals surface area contributed by atoms with E-state index >= 15 is 0 Å². The number of ether oxygens (including phenoxy) is 1. The maximum atomic E-state index is 14.6. The van der Waals surface area contributed by atoms with Crippen molar-refractivity contribution >= 4 is 46.2 Å². The first-order valence-corrected chi connectivity index (χ1v) is 12.1. The zero-order valence-corrected chi connectivity index (χ0v) is 20.3. The number of nitrogens with zero attached hydrogens (tertiary/aromatic N) is 5. The number of fused-ring (bicyclic) bond motifs is 3. The predicted molar refractivity (Wildman–Crippen MR) is 123 cm³/mol. The molecule has 2 aliphatic rings. The van der Waals surface area contributed by atoms with Gasteiger partial charge in [0.05, 0.1) is 17.5 Å². The molecule has 2 fully saturated rings. The Bertz CT molecular complexity index is 957. The molecule has 2 unspecified atom stereocenters. The van der Waals surface area contributed by atoms with Gasteiger partial charge in [-0.15, -0.1) is 0 Å². The quantitative estimate of drug-likeness (QED) is 0.342. The van der Waals surface area contributed by atoms with E-state index in [2.05, 4.69) is 19.9 Å². The van der Waals surface area contributed by atoms with E-state index in [9.17, 15) is 9.18 Å². The fraction of sp³-hybridized carbons (Fsp3) is 0.619. The van der Waals surface area contributed by atoms with Crippen LogP contribution < -0.4 is 4.90 Å². The summed E-state index contributed by atoms with van der Waals surface area (Å²) in [6, 6.07) is 0.0490. The van der Waals surface area contributed by atoms with Crippen molar-refractivity contribution in [3.63, 3.8) is 0 Å². The third kappa shape index (κ3) is 4.82. The second-order valence-electron chi connectivity index (χ2n) is 8.34. The van der Waals surface area contributed by atoms with E-state index in [4.69, 9.17) is 16.3 Å². The maximum absolute atomic E-state index is 14.6. The van der Waals surface area contributed by atoms with Crippen LogP contribution in [0.25, 0.3) is 10.9 Å². The number of pyridine rings is 1. The summed E-state index contributed by atoms with van der Waals surface area (Å²) in [6.45, 7) is 10.8. The van der Waals surface area contributed by atoms with E-state index in [0.717, 1.165) is 12.8 Å². The van der Waals surface area contributed by atoms with Gasteiger partial charge in [0.1, 0.15) is 16.9 Å². The molecule has 0 aliphatic carbocycles. The lowest BCUT2D eigenvalue weighted by atomic mass is 10.1. The summed E-state index contributed by atoms with van der Waals surface area (Å²) >= 11 is 7.20. The highest BCUT2D eigenvalue weighted by Crippen LogP contribution is 2.36. The Hall–Kier alpha value is -1.87. The van der Waals surface area contributed by atoms with Gasteiger partial charge >= 0.3 is 6.09 Å². The summed E-state index contributed by atoms with van der Waals surface area (Å²) in [5.41, 5.74) is -0.368. The van der Waals surface area contributed by atoms with Crippen molar-refractivity contribution in [2.24, 2.45) is 0 Å². The number of aromatic nitrogens is 3. The Morgan fingerprint density at radius 1 is 1.23 bits per heavy atom. The zero-order valence-electron chi connectivity index (χ0n) is 18.8. The lowest BCUT2D eigenvalue weighted by Gasteiger charge is -2.42. The molecule has 2 aromatic heterocycles. The molecule has 0 spiro atoms. The van der Waals surface area contributed by atoms with Gasteiger partial charge in [0.2, 0.25) is 0 Å². The molecule has 31 heavy (non-hydrogen) atoms. The molecular formula is C21H29ClFN5O2S. The third-order valence-corrected chi connectivity index (χ3v) is 5.98. The molecular weight excluding hydrogens is 441 g/mol. The van der Waals surface area contributed by atoms with Crippen LogP contribution in [0.2, 0.25) is 5.15 Å². The molecule has 2 aromatic rings. The van der Waals surface area contributed by atoms with Crippen molar-refractivity contribution in [1.82, 2.24) is 19.9 Å². The molecule has 2 aliphatic heterocycles. The number of carbonyl (C=O) groups is 1. The summed E-state index contributed by atoms with van der Waals surface area (Å²) in [5.74, 6) is -0.0124. The van der Waals surface area contributed by atoms with Crippen LogP contribution in [-0.4, -0.2) is 63.0 Å². The van der Waals surface area contributed by atoms with Crippen LogP contribution in [0.1, 0.15) is 47.5 Å². The SMILES string of the molecule is CC.CSc1nc(N2CC3CCC(C2)N3C(=O)OC(C)(C)C)c2cnc(Cl)c(F)c2n1. The van der Waals surface area contributed by atoms with Crippen molar-refractivity contribution < 1.29 is 13.9 Å². The van der Waals surface area contributed by atoms with E-state index in [1.54, 1.807) is 0 Å². The molecule has 2 bridgehead atoms. The Balaban J connectivity index is 0.00000132. The third-order valence-electron chi connectivity index (χ3n) is 5.17. The second kappa shape index (κ2) is 9.32. The van der Waals surface area contributed by atoms with E-state index in [1.807, 2.05) is 45.8 Å². The van der Waals surface area contributed by atoms with Crippen LogP contribution in [0.3, 0.4) is 0 Å². The number of anilines is 1. The summed E-state index contributed by atoms with van der Waals surface area (Å²) < 4.78 is 20.2. The van der Waals surface area contributed by atoms with E-state index in [0.29, 0.717) is 29.5 Å². The van der Waals surface area contributed by atoms with Crippen molar-refractivity contribution in [2.45, 2.75) is 70.3 Å². The standard InChI is InChI=1S/C19H23ClFN5O2S.C2H6/c1-19(2,3)28-18(27)26-10-5-6-11(26)9-25(8-10)16-12-7-22-15(20)13(21)14(12)23-17(24-16)29-4;1-2/h7,10-11H,5-6,8-9H2,1-4H3;1-2H3. The van der Waals surface area contributed by atoms with Crippen LogP contribution >= 0.6 is 23.4 Å². The van der Waals surface area contributed by atoms with Gasteiger partial charge in [-0.25, -0.2) is 24.1 Å². The van der Waals surface area contributed by atoms with Crippen LogP contribution in [0.15, 0.2) is 11.4 Å². The molecule has 0 saturated carbocycles. The van der Waals surface area contributed by atoms with Crippen LogP contribution in [0.4, 0.5) is 15.0 Å². The molecule has 2 atom stereocenters. The lowest BCUT2D eigenvalue weighted by molar-refractivity contribution is 0.0123. The van der Waals surface area contributed by atoms with Gasteiger partial charge in [0.15, 0.2) is 16.1 Å². The van der Waals surface area contributed by atoms with Gasteiger partial charge in [-0.05, 0) is 39.9 Å². The van der Waals surface area contributed by atoms with Gasteiger partial charge in [-0.2, -0.15) is 0 Å². The van der Waals surface area contributed by atoms with E-state index < -0.39 is 11.4 Å². The second-order valence-corrected chi connectivity index (χ2v) is 9.47. The molecule has 7 nitrogen and oxygen atoms in total. The summed E-state index contributed by atoms with van der Waals surface area (Å²) in [4.78, 5) is 29.5. The fourth-order valence-electron chi connectivity index (χ4n) is 4.02. The van der Waals surface area contributed by atoms with Gasteiger partial charge in [0, 0.05) is 19.3 Å². The Labute approximate surface area is 191 Å². The van der Waals surface area contributed by atoms with Gasteiger partial charge in [-0.3, -0.25) is 4.90 Å². The maximum Gasteiger partial charge on any atom is 0.410 e. The van der Waals surface area contributed by atoms with E-state index in [-0.39, 0.29) is 28.8 Å². The molecule has 1 amide bonds. The Morgan fingerprint density at radius 2 is 1.84 bits per heavy atom. The highest BCUT2D eigenvalue weighted by atomic mass is 35.5. The number of carbonyl (C=O) groups excluding carboxylic acids is 1. The highest BCUT2D eigenvalue weighted by molar-refractivity contribution is 7.98. The van der Waals surface area contributed by atoms with Crippen molar-refractivity contribution in [1.29, 1.82) is 0 Å². The Morgan fingerprint density at radius 3 is 2.39 bits per heavy atom. The molecule has 170 valence electrons. The molecule has 0 aromatic carbocycles. The first-order valence-electron chi connectivity index (χ1n) is 10.5. The normalized spacial score (nSPS) is 20.5. The minimum absolute atomic E-state index is 0.0245. The number of halogens is 2. The number of amides is 1. The van der Waals surface area contributed by atoms with E-state index in [1.165, 1.54) is 18.0 Å². The van der Waals surface area contributed by atoms with Gasteiger partial charge < -0.3 is 9.64 Å². The monoisotopic (exact) mass is 469 g/mol. The molecule has 2 saturated heterocycles. The molecule has 0 N–H and O–H groups in total. The van der Waals surface area contributed by atoms with Crippen molar-refractivity contribution in [3.8, 4) is 0 Å². The first kappa shape index (κ1) is 23.8. The molecule has 4 heterocycles. The number of thioether (sulfide) groups is 1. The number of hydrogen-bond donors (Lipinski definition) is 0. The summed E-state index contributed by atoms with van der Waals surface area (Å²) in [7, 11) is 0. The van der Waals surface area contributed by atoms with Crippen LogP contribution in [0, 0.1) is 5.82 Å². The Kier molecular flexibility index (Phi) is 7.15. The zero-order chi connectivity index (χ0) is 22.9. The number of piperazine rings is 1. The van der Waals surface area contributed by atoms with Gasteiger partial charge in [0.25, 0.3) is 0 Å². The van der Waals surface area contributed by atoms with Crippen LogP contribution in [0.5, 0.6) is 0 Å². The highest BCUT2D eigenvalue weighted by Gasteiger charge is 2.45. The predicted octanol–water partition coefficient (Wildman–Crippen LogP) is 5.15. The molecule has 4 rings (SSSR count). The topological polar surface area (TPSA) is 71.5 Å². The summed E-state index contributed by atoms with van der Waals surface area (Å²) in [6.07, 6.45) is 4.88. The number of hydrogen-bond acceptors (Lipinski definition) is 7. The summed E-state index contributed by atoms with van der Waals surface area (Å²) in [5, 5.41) is 0.787. The first-order chi connectivity index (χ1) is 14.7. The minimum Gasteiger partial charge on any atom is -0.444 e. The van der Waals surface area contributed by atoms with Gasteiger partial charge in [-0.1, -0.05) is 37.2 Å². The largest absolute Gasteiger partial charge is 0.444 e. The average molecular weight is 470 g/mol. The van der Waals surface area contributed by atoms with Crippen LogP contribution in [-0.2, 0) is 4.74 Å². The van der Waals surface area contributed by atoms with Crippen molar-refractivity contribution in [3.05, 3.63) is 17.2 Å². The number of rotatable bonds is 2. The molecule has 10 heteroatoms. The smallest absolute Gasteiger partial charge is 0.410 e. The lowest BCUT2D eigenvalue weighted by Crippen LogP contribution is -2.57.